The number of amides is 4. The number of rotatable bonds is 7. The van der Waals surface area contributed by atoms with Crippen molar-refractivity contribution < 1.29 is 33.4 Å². The van der Waals surface area contributed by atoms with Gasteiger partial charge in [-0.1, -0.05) is 38.2 Å². The Kier molecular flexibility index (Phi) is 14.9. The van der Waals surface area contributed by atoms with Crippen molar-refractivity contribution in [1.82, 2.24) is 21.5 Å². The van der Waals surface area contributed by atoms with E-state index in [0.29, 0.717) is 5.57 Å². The quantitative estimate of drug-likeness (QED) is 0.195. The van der Waals surface area contributed by atoms with E-state index in [9.17, 15) is 24.0 Å². The summed E-state index contributed by atoms with van der Waals surface area (Å²) in [5, 5.41) is 4.54. The lowest BCUT2D eigenvalue weighted by molar-refractivity contribution is -0.153. The predicted molar refractivity (Wildman–Crippen MR) is 119 cm³/mol. The normalized spacial score (nSPS) is 12.6. The van der Waals surface area contributed by atoms with Gasteiger partial charge in [-0.2, -0.15) is 0 Å². The van der Waals surface area contributed by atoms with Gasteiger partial charge in [0.05, 0.1) is 7.11 Å². The Morgan fingerprint density at radius 1 is 1.00 bits per heavy atom. The Morgan fingerprint density at radius 2 is 1.53 bits per heavy atom. The van der Waals surface area contributed by atoms with E-state index in [0.717, 1.165) is 7.11 Å². The minimum Gasteiger partial charge on any atom is -0.462 e. The second kappa shape index (κ2) is 15.4. The highest BCUT2D eigenvalue weighted by molar-refractivity contribution is 6.32. The number of allylic oxidation sites excluding steroid dienone is 2. The predicted octanol–water partition coefficient (Wildman–Crippen LogP) is 1.25. The number of methoxy groups -OCH3 is 1. The molecule has 182 valence electrons. The maximum Gasteiger partial charge on any atom is 0.408 e. The van der Waals surface area contributed by atoms with E-state index in [4.69, 9.17) is 4.74 Å². The van der Waals surface area contributed by atoms with Gasteiger partial charge in [0.1, 0.15) is 17.7 Å². The van der Waals surface area contributed by atoms with E-state index in [-0.39, 0.29) is 6.42 Å². The Morgan fingerprint density at radius 3 is 2.00 bits per heavy atom. The molecular formula is C21H36N4O7. The first-order valence-corrected chi connectivity index (χ1v) is 10.1. The first-order chi connectivity index (χ1) is 14.8. The lowest BCUT2D eigenvalue weighted by atomic mass is 10.1. The zero-order chi connectivity index (χ0) is 25.5. The Hall–Kier alpha value is -3.37. The molecule has 4 N–H and O–H groups in total. The van der Waals surface area contributed by atoms with Gasteiger partial charge in [0.2, 0.25) is 0 Å². The van der Waals surface area contributed by atoms with Gasteiger partial charge in [-0.15, -0.1) is 0 Å². The average Bonchev–Trinajstić information content (AvgIpc) is 2.70. The number of alkyl carbamates (subject to hydrolysis) is 1. The molecule has 0 aliphatic carbocycles. The van der Waals surface area contributed by atoms with Crippen LogP contribution in [0, 0.1) is 0 Å². The molecule has 32 heavy (non-hydrogen) atoms. The Bertz CT molecular complexity index is 711. The second-order valence-corrected chi connectivity index (χ2v) is 7.32. The van der Waals surface area contributed by atoms with Crippen molar-refractivity contribution in [1.29, 1.82) is 0 Å². The average molecular weight is 457 g/mol. The van der Waals surface area contributed by atoms with Crippen molar-refractivity contribution in [3.8, 4) is 0 Å². The molecule has 0 saturated heterocycles. The number of carbonyl (C=O) groups is 5. The van der Waals surface area contributed by atoms with E-state index < -0.39 is 47.5 Å². The molecule has 0 fully saturated rings. The van der Waals surface area contributed by atoms with Crippen LogP contribution in [0.2, 0.25) is 0 Å². The van der Waals surface area contributed by atoms with Crippen LogP contribution in [0.25, 0.3) is 0 Å². The summed E-state index contributed by atoms with van der Waals surface area (Å²) >= 11 is 0. The standard InChI is InChI=1S/C19H30N4O7.C2H6/c1-8-9-11(2)10-13(21-16(26)17(27)29-7)15(25)23-22-14(24)12(3)20-18(28)30-19(4,5)6;1-2/h8-9,12-13H,1,10H2,2-7H3,(H,20,28)(H,21,26)(H,22,24)(H,23,25);1-2H3/b11-9+;/t12-,13-;/m0./s1. The van der Waals surface area contributed by atoms with Gasteiger partial charge >= 0.3 is 18.0 Å². The fourth-order valence-electron chi connectivity index (χ4n) is 1.98. The Balaban J connectivity index is 0. The molecule has 0 bridgehead atoms. The molecule has 0 aromatic carbocycles. The molecule has 0 unspecified atom stereocenters. The van der Waals surface area contributed by atoms with Crippen molar-refractivity contribution in [3.63, 3.8) is 0 Å². The minimum atomic E-state index is -1.18. The zero-order valence-corrected chi connectivity index (χ0v) is 20.1. The summed E-state index contributed by atoms with van der Waals surface area (Å²) in [5.74, 6) is -3.81. The number of ether oxygens (including phenoxy) is 2. The van der Waals surface area contributed by atoms with Gasteiger partial charge in [-0.3, -0.25) is 25.2 Å². The molecule has 0 aromatic rings. The third kappa shape index (κ3) is 13.8. The van der Waals surface area contributed by atoms with Crippen molar-refractivity contribution >= 4 is 29.8 Å². The van der Waals surface area contributed by atoms with Crippen LogP contribution in [-0.4, -0.2) is 54.6 Å². The van der Waals surface area contributed by atoms with Crippen molar-refractivity contribution in [3.05, 3.63) is 24.3 Å². The summed E-state index contributed by atoms with van der Waals surface area (Å²) in [6.45, 7) is 15.6. The Labute approximate surface area is 189 Å². The van der Waals surface area contributed by atoms with E-state index in [1.165, 1.54) is 13.0 Å². The molecule has 0 heterocycles. The van der Waals surface area contributed by atoms with Crippen molar-refractivity contribution in [2.75, 3.05) is 7.11 Å². The molecule has 0 saturated carbocycles. The van der Waals surface area contributed by atoms with Gasteiger partial charge in [0, 0.05) is 0 Å². The summed E-state index contributed by atoms with van der Waals surface area (Å²) in [6, 6.07) is -2.20. The molecule has 4 amide bonds. The van der Waals surface area contributed by atoms with Crippen molar-refractivity contribution in [2.24, 2.45) is 0 Å². The first-order valence-electron chi connectivity index (χ1n) is 10.1. The van der Waals surface area contributed by atoms with Crippen LogP contribution in [0.15, 0.2) is 24.3 Å². The van der Waals surface area contributed by atoms with Crippen LogP contribution in [0.3, 0.4) is 0 Å². The number of hydrogen-bond acceptors (Lipinski definition) is 7. The number of hydrogen-bond donors (Lipinski definition) is 4. The van der Waals surface area contributed by atoms with Crippen LogP contribution >= 0.6 is 0 Å². The van der Waals surface area contributed by atoms with Crippen LogP contribution in [0.1, 0.15) is 54.9 Å². The minimum absolute atomic E-state index is 0.0438. The largest absolute Gasteiger partial charge is 0.462 e. The molecule has 0 aliphatic rings. The molecular weight excluding hydrogens is 420 g/mol. The maximum atomic E-state index is 12.4. The first kappa shape index (κ1) is 30.8. The molecule has 0 aliphatic heterocycles. The van der Waals surface area contributed by atoms with Gasteiger partial charge in [-0.05, 0) is 41.0 Å². The smallest absolute Gasteiger partial charge is 0.408 e. The van der Waals surface area contributed by atoms with E-state index in [1.54, 1.807) is 33.8 Å². The number of carbonyl (C=O) groups excluding carboxylic acids is 5. The van der Waals surface area contributed by atoms with Crippen LogP contribution < -0.4 is 21.5 Å². The lowest BCUT2D eigenvalue weighted by Crippen LogP contribution is -2.56. The van der Waals surface area contributed by atoms with Gasteiger partial charge < -0.3 is 20.1 Å². The summed E-state index contributed by atoms with van der Waals surface area (Å²) in [7, 11) is 1.03. The monoisotopic (exact) mass is 456 g/mol. The fraction of sp³-hybridized carbons (Fsp3) is 0.571. The molecule has 11 heteroatoms. The number of esters is 1. The number of nitrogens with one attached hydrogen (secondary N) is 4. The van der Waals surface area contributed by atoms with Crippen LogP contribution in [-0.2, 0) is 28.7 Å². The molecule has 0 spiro atoms. The topological polar surface area (TPSA) is 152 Å². The highest BCUT2D eigenvalue weighted by atomic mass is 16.6. The molecule has 11 nitrogen and oxygen atoms in total. The molecule has 0 aromatic heterocycles. The SMILES string of the molecule is C=C/C=C(\C)C[C@H](NC(=O)C(=O)OC)C(=O)NNC(=O)[C@H](C)NC(=O)OC(C)(C)C.CC. The van der Waals surface area contributed by atoms with Crippen molar-refractivity contribution in [2.45, 2.75) is 72.6 Å². The maximum absolute atomic E-state index is 12.4. The van der Waals surface area contributed by atoms with E-state index >= 15 is 0 Å². The van der Waals surface area contributed by atoms with Gasteiger partial charge in [0.15, 0.2) is 0 Å². The van der Waals surface area contributed by atoms with Gasteiger partial charge in [-0.25, -0.2) is 9.59 Å². The summed E-state index contributed by atoms with van der Waals surface area (Å²) < 4.78 is 9.35. The zero-order valence-electron chi connectivity index (χ0n) is 20.1. The summed E-state index contributed by atoms with van der Waals surface area (Å²) in [4.78, 5) is 59.3. The molecule has 0 radical (unpaired) electrons. The van der Waals surface area contributed by atoms with Crippen LogP contribution in [0.4, 0.5) is 4.79 Å². The third-order valence-electron chi connectivity index (χ3n) is 3.36. The second-order valence-electron chi connectivity index (χ2n) is 7.32. The fourth-order valence-corrected chi connectivity index (χ4v) is 1.98. The highest BCUT2D eigenvalue weighted by Gasteiger charge is 2.26. The van der Waals surface area contributed by atoms with E-state index in [1.807, 2.05) is 13.8 Å². The van der Waals surface area contributed by atoms with Crippen LogP contribution in [0.5, 0.6) is 0 Å². The van der Waals surface area contributed by atoms with Gasteiger partial charge in [0.25, 0.3) is 11.8 Å². The molecule has 2 atom stereocenters. The molecule has 0 rings (SSSR count). The lowest BCUT2D eigenvalue weighted by Gasteiger charge is -2.22. The summed E-state index contributed by atoms with van der Waals surface area (Å²) in [6.07, 6.45) is 2.36. The highest BCUT2D eigenvalue weighted by Crippen LogP contribution is 2.07. The number of hydrazine groups is 1. The third-order valence-corrected chi connectivity index (χ3v) is 3.36. The summed E-state index contributed by atoms with van der Waals surface area (Å²) in [5.41, 5.74) is 4.22. The van der Waals surface area contributed by atoms with E-state index in [2.05, 4.69) is 32.8 Å².